The van der Waals surface area contributed by atoms with E-state index in [1.54, 1.807) is 0 Å². The molecule has 0 atom stereocenters. The van der Waals surface area contributed by atoms with Gasteiger partial charge < -0.3 is 0 Å². The second-order valence-electron chi connectivity index (χ2n) is 2.32. The molecule has 42 valence electrons. The fraction of sp³-hybridized carbons (Fsp3) is 0.375. The van der Waals surface area contributed by atoms with Crippen LogP contribution in [0.15, 0.2) is 24.3 Å². The summed E-state index contributed by atoms with van der Waals surface area (Å²) in [6.45, 7) is 4.29. The lowest BCUT2D eigenvalue weighted by Gasteiger charge is -1.98. The number of rotatable bonds is 0. The molecule has 0 amide bonds. The summed E-state index contributed by atoms with van der Waals surface area (Å²) in [5.74, 6) is 1.99. The molecule has 0 aliphatic heterocycles. The Morgan fingerprint density at radius 1 is 1.25 bits per heavy atom. The van der Waals surface area contributed by atoms with Crippen molar-refractivity contribution in [2.45, 2.75) is 13.8 Å². The number of hydrogen-bond donors (Lipinski definition) is 0. The molecule has 0 spiro atoms. The van der Waals surface area contributed by atoms with Crippen molar-refractivity contribution in [1.82, 2.24) is 0 Å². The van der Waals surface area contributed by atoms with Crippen LogP contribution in [0, 0.1) is 11.8 Å². The first-order valence-corrected chi connectivity index (χ1v) is 2.99. The summed E-state index contributed by atoms with van der Waals surface area (Å²) in [4.78, 5) is 0. The van der Waals surface area contributed by atoms with E-state index in [2.05, 4.69) is 38.2 Å². The van der Waals surface area contributed by atoms with E-state index >= 15 is 0 Å². The van der Waals surface area contributed by atoms with Gasteiger partial charge in [-0.1, -0.05) is 0 Å². The third-order valence-corrected chi connectivity index (χ3v) is 1.33. The van der Waals surface area contributed by atoms with Crippen molar-refractivity contribution in [1.29, 1.82) is 0 Å². The minimum atomic E-state index is 0.638. The molecule has 0 fully saturated rings. The SMILES string of the molecule is C[C+]1C=CC(C)C=C1. The van der Waals surface area contributed by atoms with Crippen LogP contribution in [0.25, 0.3) is 0 Å². The van der Waals surface area contributed by atoms with Crippen LogP contribution in [0.5, 0.6) is 0 Å². The molecule has 0 aromatic rings. The lowest BCUT2D eigenvalue weighted by atomic mass is 9.99. The first-order chi connectivity index (χ1) is 3.79. The third kappa shape index (κ3) is 1.16. The van der Waals surface area contributed by atoms with Crippen molar-refractivity contribution in [3.8, 4) is 0 Å². The van der Waals surface area contributed by atoms with Gasteiger partial charge in [-0.3, -0.25) is 0 Å². The van der Waals surface area contributed by atoms with Crippen LogP contribution in [0.1, 0.15) is 13.8 Å². The molecule has 0 saturated carbocycles. The number of allylic oxidation sites excluding steroid dienone is 4. The van der Waals surface area contributed by atoms with Gasteiger partial charge in [-0.15, -0.1) is 0 Å². The molecule has 0 unspecified atom stereocenters. The molecular weight excluding hydrogens is 96.1 g/mol. The highest BCUT2D eigenvalue weighted by Gasteiger charge is 2.07. The molecule has 0 radical (unpaired) electrons. The lowest BCUT2D eigenvalue weighted by Crippen LogP contribution is -1.91. The van der Waals surface area contributed by atoms with E-state index in [1.807, 2.05) is 0 Å². The van der Waals surface area contributed by atoms with E-state index in [9.17, 15) is 0 Å². The maximum Gasteiger partial charge on any atom is 0.0799 e. The van der Waals surface area contributed by atoms with Gasteiger partial charge in [-0.2, -0.15) is 0 Å². The molecule has 0 nitrogen and oxygen atoms in total. The van der Waals surface area contributed by atoms with Gasteiger partial charge >= 0.3 is 0 Å². The molecular formula is C8H11+. The van der Waals surface area contributed by atoms with E-state index in [1.165, 1.54) is 5.92 Å². The van der Waals surface area contributed by atoms with Crippen LogP contribution < -0.4 is 0 Å². The van der Waals surface area contributed by atoms with Gasteiger partial charge in [0, 0.05) is 37.1 Å². The van der Waals surface area contributed by atoms with Crippen molar-refractivity contribution in [3.05, 3.63) is 30.2 Å². The molecule has 1 aliphatic carbocycles. The van der Waals surface area contributed by atoms with E-state index < -0.39 is 0 Å². The first kappa shape index (κ1) is 5.49. The highest BCUT2D eigenvalue weighted by atomic mass is 14.0. The third-order valence-electron chi connectivity index (χ3n) is 1.33. The Kier molecular flexibility index (Phi) is 1.43. The molecule has 1 rings (SSSR count). The van der Waals surface area contributed by atoms with Gasteiger partial charge in [0.05, 0.1) is 5.92 Å². The molecule has 8 heavy (non-hydrogen) atoms. The van der Waals surface area contributed by atoms with Gasteiger partial charge in [0.1, 0.15) is 0 Å². The smallest absolute Gasteiger partial charge is 0.0317 e. The minimum absolute atomic E-state index is 0.638. The molecule has 0 heteroatoms. The van der Waals surface area contributed by atoms with Crippen LogP contribution in [-0.2, 0) is 0 Å². The molecule has 0 N–H and O–H groups in total. The summed E-state index contributed by atoms with van der Waals surface area (Å²) in [6, 6.07) is 0. The largest absolute Gasteiger partial charge is 0.0799 e. The Balaban J connectivity index is 2.54. The van der Waals surface area contributed by atoms with Crippen LogP contribution in [0.2, 0.25) is 0 Å². The highest BCUT2D eigenvalue weighted by molar-refractivity contribution is 5.26. The molecule has 0 aromatic carbocycles. The maximum absolute atomic E-state index is 2.20. The maximum atomic E-state index is 2.20. The van der Waals surface area contributed by atoms with E-state index in [-0.39, 0.29) is 0 Å². The molecule has 0 bridgehead atoms. The van der Waals surface area contributed by atoms with Crippen LogP contribution in [0.3, 0.4) is 0 Å². The standard InChI is InChI=1S/C8H11/c1-7-3-5-8(2)6-4-7/h3-7H,1-2H3/q+1. The van der Waals surface area contributed by atoms with Crippen LogP contribution >= 0.6 is 0 Å². The summed E-state index contributed by atoms with van der Waals surface area (Å²) in [6.07, 6.45) is 8.72. The molecule has 0 heterocycles. The van der Waals surface area contributed by atoms with Crippen molar-refractivity contribution in [2.24, 2.45) is 5.92 Å². The fourth-order valence-electron chi connectivity index (χ4n) is 0.727. The summed E-state index contributed by atoms with van der Waals surface area (Å²) in [7, 11) is 0. The van der Waals surface area contributed by atoms with Gasteiger partial charge in [0.25, 0.3) is 0 Å². The zero-order valence-electron chi connectivity index (χ0n) is 5.39. The van der Waals surface area contributed by atoms with E-state index in [4.69, 9.17) is 0 Å². The lowest BCUT2D eigenvalue weighted by molar-refractivity contribution is 0.915. The average molecular weight is 107 g/mol. The molecule has 0 saturated heterocycles. The average Bonchev–Trinajstić information content (AvgIpc) is 1.77. The van der Waals surface area contributed by atoms with Crippen molar-refractivity contribution >= 4 is 0 Å². The molecule has 0 aromatic heterocycles. The topological polar surface area (TPSA) is 0 Å². The predicted octanol–water partition coefficient (Wildman–Crippen LogP) is 2.34. The zero-order valence-corrected chi connectivity index (χ0v) is 5.39. The fourth-order valence-corrected chi connectivity index (χ4v) is 0.727. The predicted molar refractivity (Wildman–Crippen MR) is 36.4 cm³/mol. The summed E-state index contributed by atoms with van der Waals surface area (Å²) >= 11 is 0. The van der Waals surface area contributed by atoms with Gasteiger partial charge in [-0.25, -0.2) is 0 Å². The van der Waals surface area contributed by atoms with Gasteiger partial charge in [-0.05, 0) is 6.92 Å². The highest BCUT2D eigenvalue weighted by Crippen LogP contribution is 2.13. The second-order valence-corrected chi connectivity index (χ2v) is 2.32. The first-order valence-electron chi connectivity index (χ1n) is 2.99. The van der Waals surface area contributed by atoms with E-state index in [0.717, 1.165) is 0 Å². The Morgan fingerprint density at radius 2 is 1.75 bits per heavy atom. The quantitative estimate of drug-likeness (QED) is 0.417. The van der Waals surface area contributed by atoms with Crippen LogP contribution in [-0.4, -0.2) is 0 Å². The Bertz CT molecular complexity index is 92.0. The van der Waals surface area contributed by atoms with Crippen molar-refractivity contribution < 1.29 is 0 Å². The zero-order chi connectivity index (χ0) is 5.98. The summed E-state index contributed by atoms with van der Waals surface area (Å²) in [5, 5.41) is 0. The van der Waals surface area contributed by atoms with Crippen molar-refractivity contribution in [3.63, 3.8) is 0 Å². The van der Waals surface area contributed by atoms with Crippen molar-refractivity contribution in [2.75, 3.05) is 0 Å². The van der Waals surface area contributed by atoms with Gasteiger partial charge in [0.2, 0.25) is 0 Å². The monoisotopic (exact) mass is 107 g/mol. The summed E-state index contributed by atoms with van der Waals surface area (Å²) < 4.78 is 0. The Labute approximate surface area is 50.9 Å². The number of hydrogen-bond acceptors (Lipinski definition) is 0. The summed E-state index contributed by atoms with van der Waals surface area (Å²) in [5.41, 5.74) is 0. The Hall–Kier alpha value is -0.650. The van der Waals surface area contributed by atoms with Gasteiger partial charge in [0.15, 0.2) is 0 Å². The van der Waals surface area contributed by atoms with Crippen LogP contribution in [0.4, 0.5) is 0 Å². The molecule has 1 aliphatic rings. The second kappa shape index (κ2) is 2.08. The normalized spacial score (nSPS) is 20.0. The minimum Gasteiger partial charge on any atom is -0.0317 e. The van der Waals surface area contributed by atoms with E-state index in [0.29, 0.717) is 5.92 Å². The Morgan fingerprint density at radius 3 is 2.12 bits per heavy atom.